The lowest BCUT2D eigenvalue weighted by molar-refractivity contribution is 0.0709. The van der Waals surface area contributed by atoms with Gasteiger partial charge in [-0.3, -0.25) is 0 Å². The van der Waals surface area contributed by atoms with Crippen molar-refractivity contribution < 1.29 is 8.85 Å². The summed E-state index contributed by atoms with van der Waals surface area (Å²) in [5.74, 6) is 2.85. The quantitative estimate of drug-likeness (QED) is 0.318. The number of terminal acetylenes is 1. The van der Waals surface area contributed by atoms with Gasteiger partial charge in [0, 0.05) is 0 Å². The fourth-order valence-corrected chi connectivity index (χ4v) is 4.20. The molecule has 0 spiro atoms. The molecule has 0 saturated heterocycles. The summed E-state index contributed by atoms with van der Waals surface area (Å²) in [7, 11) is -3.86. The van der Waals surface area contributed by atoms with Crippen LogP contribution in [0.1, 0.15) is 48.0 Å². The van der Waals surface area contributed by atoms with Crippen molar-refractivity contribution in [3.05, 3.63) is 12.7 Å². The van der Waals surface area contributed by atoms with Gasteiger partial charge >= 0.3 is 0 Å². The summed E-state index contributed by atoms with van der Waals surface area (Å²) in [6.07, 6.45) is 8.00. The zero-order valence-electron chi connectivity index (χ0n) is 17.0. The van der Waals surface area contributed by atoms with Gasteiger partial charge in [-0.15, -0.1) is 13.0 Å². The fraction of sp³-hybridized carbons (Fsp3) is 0.789. The van der Waals surface area contributed by atoms with Crippen LogP contribution < -0.4 is 0 Å². The molecule has 134 valence electrons. The molecule has 0 radical (unpaired) electrons. The van der Waals surface area contributed by atoms with Gasteiger partial charge in [0.1, 0.15) is 6.10 Å². The van der Waals surface area contributed by atoms with Crippen LogP contribution in [0.2, 0.25) is 36.3 Å². The normalized spacial score (nSPS) is 16.6. The third-order valence-corrected chi connectivity index (χ3v) is 14.3. The maximum Gasteiger partial charge on any atom is 0.193 e. The lowest BCUT2D eigenvalue weighted by atomic mass is 10.1. The molecule has 0 unspecified atom stereocenters. The first-order chi connectivity index (χ1) is 10.1. The molecule has 0 heterocycles. The van der Waals surface area contributed by atoms with Crippen molar-refractivity contribution in [2.75, 3.05) is 0 Å². The summed E-state index contributed by atoms with van der Waals surface area (Å²) in [5, 5.41) is 0.264. The molecule has 0 fully saturated rings. The van der Waals surface area contributed by atoms with Crippen LogP contribution in [0.4, 0.5) is 0 Å². The maximum absolute atomic E-state index is 6.58. The highest BCUT2D eigenvalue weighted by molar-refractivity contribution is 6.74. The van der Waals surface area contributed by atoms with E-state index in [1.165, 1.54) is 0 Å². The predicted molar refractivity (Wildman–Crippen MR) is 108 cm³/mol. The van der Waals surface area contributed by atoms with E-state index in [0.29, 0.717) is 0 Å². The molecule has 0 aliphatic carbocycles. The monoisotopic (exact) mass is 354 g/mol. The highest BCUT2D eigenvalue weighted by Crippen LogP contribution is 2.40. The number of rotatable bonds is 7. The molecule has 2 nitrogen and oxygen atoms in total. The van der Waals surface area contributed by atoms with Gasteiger partial charge in [-0.1, -0.05) is 53.5 Å². The highest BCUT2D eigenvalue weighted by Gasteiger charge is 2.44. The van der Waals surface area contributed by atoms with Crippen molar-refractivity contribution in [2.45, 2.75) is 96.4 Å². The van der Waals surface area contributed by atoms with E-state index < -0.39 is 16.6 Å². The second-order valence-corrected chi connectivity index (χ2v) is 18.9. The van der Waals surface area contributed by atoms with Crippen molar-refractivity contribution in [2.24, 2.45) is 0 Å². The first kappa shape index (κ1) is 22.7. The predicted octanol–water partition coefficient (Wildman–Crippen LogP) is 5.98. The van der Waals surface area contributed by atoms with Gasteiger partial charge in [0.15, 0.2) is 16.6 Å². The Hall–Kier alpha value is -0.346. The lowest BCUT2D eigenvalue weighted by Crippen LogP contribution is -2.51. The van der Waals surface area contributed by atoms with E-state index >= 15 is 0 Å². The van der Waals surface area contributed by atoms with E-state index in [1.807, 2.05) is 6.08 Å². The van der Waals surface area contributed by atoms with Crippen LogP contribution in [0.3, 0.4) is 0 Å². The second kappa shape index (κ2) is 7.69. The molecule has 0 aromatic heterocycles. The summed E-state index contributed by atoms with van der Waals surface area (Å²) in [6, 6.07) is 0. The first-order valence-electron chi connectivity index (χ1n) is 8.52. The van der Waals surface area contributed by atoms with Crippen LogP contribution in [0, 0.1) is 12.3 Å². The van der Waals surface area contributed by atoms with Crippen LogP contribution in [0.5, 0.6) is 0 Å². The summed E-state index contributed by atoms with van der Waals surface area (Å²) in [4.78, 5) is 0. The Balaban J connectivity index is 5.42. The third kappa shape index (κ3) is 6.23. The van der Waals surface area contributed by atoms with Crippen molar-refractivity contribution >= 4 is 16.6 Å². The molecule has 0 amide bonds. The fourth-order valence-electron chi connectivity index (χ4n) is 1.66. The standard InChI is InChI=1S/C19H38O2Si2/c1-13-15-17(21-23(11,12)19(6,7)8)16(14-2)20-22(9,10)18(3,4)5/h2,13,16-17H,1,15H2,3-12H3/t16-,17-/m0/s1. The molecule has 23 heavy (non-hydrogen) atoms. The molecule has 0 N–H and O–H groups in total. The van der Waals surface area contributed by atoms with Gasteiger partial charge < -0.3 is 8.85 Å². The Morgan fingerprint density at radius 2 is 1.35 bits per heavy atom. The Morgan fingerprint density at radius 3 is 1.65 bits per heavy atom. The Bertz CT molecular complexity index is 434. The highest BCUT2D eigenvalue weighted by atomic mass is 28.4. The van der Waals surface area contributed by atoms with E-state index in [-0.39, 0.29) is 22.3 Å². The van der Waals surface area contributed by atoms with Gasteiger partial charge in [0.2, 0.25) is 0 Å². The van der Waals surface area contributed by atoms with E-state index in [1.54, 1.807) is 0 Å². The summed E-state index contributed by atoms with van der Waals surface area (Å²) in [6.45, 7) is 26.2. The molecular weight excluding hydrogens is 316 g/mol. The van der Waals surface area contributed by atoms with Crippen LogP contribution >= 0.6 is 0 Å². The van der Waals surface area contributed by atoms with E-state index in [2.05, 4.69) is 80.2 Å². The molecule has 4 heteroatoms. The average molecular weight is 355 g/mol. The average Bonchev–Trinajstić information content (AvgIpc) is 2.32. The Morgan fingerprint density at radius 1 is 0.957 bits per heavy atom. The van der Waals surface area contributed by atoms with Gasteiger partial charge in [-0.25, -0.2) is 0 Å². The van der Waals surface area contributed by atoms with Gasteiger partial charge in [-0.05, 0) is 42.7 Å². The van der Waals surface area contributed by atoms with Crippen molar-refractivity contribution in [3.63, 3.8) is 0 Å². The van der Waals surface area contributed by atoms with Crippen LogP contribution in [0.15, 0.2) is 12.7 Å². The van der Waals surface area contributed by atoms with Crippen LogP contribution in [0.25, 0.3) is 0 Å². The Kier molecular flexibility index (Phi) is 7.58. The van der Waals surface area contributed by atoms with E-state index in [9.17, 15) is 0 Å². The van der Waals surface area contributed by atoms with Gasteiger partial charge in [0.25, 0.3) is 0 Å². The lowest BCUT2D eigenvalue weighted by Gasteiger charge is -2.43. The molecule has 0 bridgehead atoms. The summed E-state index contributed by atoms with van der Waals surface area (Å²) in [5.41, 5.74) is 0. The maximum atomic E-state index is 6.58. The minimum atomic E-state index is -1.94. The van der Waals surface area contributed by atoms with Crippen molar-refractivity contribution in [1.29, 1.82) is 0 Å². The van der Waals surface area contributed by atoms with Gasteiger partial charge in [0.05, 0.1) is 6.10 Å². The topological polar surface area (TPSA) is 18.5 Å². The van der Waals surface area contributed by atoms with Crippen molar-refractivity contribution in [3.8, 4) is 12.3 Å². The zero-order valence-corrected chi connectivity index (χ0v) is 19.0. The molecule has 0 aliphatic rings. The van der Waals surface area contributed by atoms with E-state index in [4.69, 9.17) is 15.3 Å². The first-order valence-corrected chi connectivity index (χ1v) is 14.3. The van der Waals surface area contributed by atoms with Gasteiger partial charge in [-0.2, -0.15) is 0 Å². The smallest absolute Gasteiger partial charge is 0.193 e. The minimum absolute atomic E-state index is 0.118. The molecule has 2 atom stereocenters. The molecule has 0 aromatic carbocycles. The molecular formula is C19H38O2Si2. The van der Waals surface area contributed by atoms with E-state index in [0.717, 1.165) is 6.42 Å². The number of hydrogen-bond donors (Lipinski definition) is 0. The molecule has 0 aliphatic heterocycles. The largest absolute Gasteiger partial charge is 0.410 e. The minimum Gasteiger partial charge on any atom is -0.410 e. The SMILES string of the molecule is C#C[C@H](O[Si](C)(C)C(C)(C)C)[C@H](CC=C)O[Si](C)(C)C(C)(C)C. The third-order valence-electron chi connectivity index (χ3n) is 5.38. The summed E-state index contributed by atoms with van der Waals surface area (Å²) >= 11 is 0. The second-order valence-electron chi connectivity index (χ2n) is 9.41. The zero-order chi connectivity index (χ0) is 18.7. The van der Waals surface area contributed by atoms with Crippen LogP contribution in [-0.2, 0) is 8.85 Å². The molecule has 0 aromatic rings. The number of hydrogen-bond acceptors (Lipinski definition) is 2. The Labute approximate surface area is 147 Å². The molecule has 0 saturated carbocycles. The molecule has 0 rings (SSSR count). The van der Waals surface area contributed by atoms with Crippen molar-refractivity contribution in [1.82, 2.24) is 0 Å². The summed E-state index contributed by atoms with van der Waals surface area (Å²) < 4.78 is 13.1. The van der Waals surface area contributed by atoms with Crippen LogP contribution in [-0.4, -0.2) is 28.8 Å².